The Kier molecular flexibility index (Phi) is 2.70. The van der Waals surface area contributed by atoms with Crippen LogP contribution in [0, 0.1) is 0 Å². The largest absolute Gasteiger partial charge is 0.394 e. The van der Waals surface area contributed by atoms with Crippen molar-refractivity contribution in [2.24, 2.45) is 0 Å². The summed E-state index contributed by atoms with van der Waals surface area (Å²) in [6, 6.07) is 0.142. The molecule has 1 aliphatic rings. The lowest BCUT2D eigenvalue weighted by Crippen LogP contribution is -2.11. The summed E-state index contributed by atoms with van der Waals surface area (Å²) in [7, 11) is 0. The van der Waals surface area contributed by atoms with E-state index in [9.17, 15) is 0 Å². The van der Waals surface area contributed by atoms with Crippen LogP contribution in [0.4, 0.5) is 0 Å². The summed E-state index contributed by atoms with van der Waals surface area (Å²) in [5, 5.41) is 9.40. The smallest absolute Gasteiger partial charge is 0.165 e. The van der Waals surface area contributed by atoms with Gasteiger partial charge in [-0.15, -0.1) is 0 Å². The summed E-state index contributed by atoms with van der Waals surface area (Å²) in [4.78, 5) is 12.3. The molecular weight excluding hydrogens is 244 g/mol. The van der Waals surface area contributed by atoms with Gasteiger partial charge in [-0.05, 0) is 6.42 Å². The number of nitrogens with zero attached hydrogens (tertiary/aromatic N) is 4. The zero-order valence-electron chi connectivity index (χ0n) is 8.95. The number of hydrogen-bond acceptors (Lipinski definition) is 5. The van der Waals surface area contributed by atoms with Gasteiger partial charge in [0.15, 0.2) is 10.8 Å². The summed E-state index contributed by atoms with van der Waals surface area (Å²) in [6.45, 7) is 0.594. The molecule has 0 bridgehead atoms. The van der Waals surface area contributed by atoms with Crippen LogP contribution in [0.1, 0.15) is 12.5 Å². The van der Waals surface area contributed by atoms with E-state index in [0.717, 1.165) is 6.42 Å². The summed E-state index contributed by atoms with van der Waals surface area (Å²) in [6.07, 6.45) is 3.76. The molecule has 0 unspecified atom stereocenters. The summed E-state index contributed by atoms with van der Waals surface area (Å²) >= 11 is 5.93. The highest BCUT2D eigenvalue weighted by molar-refractivity contribution is 6.33. The molecular formula is C10H11ClN4O2. The van der Waals surface area contributed by atoms with E-state index in [2.05, 4.69) is 15.0 Å². The van der Waals surface area contributed by atoms with Crippen LogP contribution in [0.15, 0.2) is 12.7 Å². The maximum atomic E-state index is 9.04. The van der Waals surface area contributed by atoms with E-state index in [1.165, 1.54) is 6.33 Å². The second-order valence-electron chi connectivity index (χ2n) is 4.02. The minimum atomic E-state index is -0.102. The third-order valence-electron chi connectivity index (χ3n) is 2.97. The Labute approximate surface area is 102 Å². The molecule has 1 aliphatic heterocycles. The van der Waals surface area contributed by atoms with E-state index in [1.54, 1.807) is 6.33 Å². The van der Waals surface area contributed by atoms with Crippen LogP contribution in [-0.2, 0) is 4.74 Å². The SMILES string of the molecule is OC[C@H]1C[C@@H](n2cnc3c(Cl)ncnc32)CO1. The van der Waals surface area contributed by atoms with E-state index in [1.807, 2.05) is 4.57 Å². The predicted octanol–water partition coefficient (Wildman–Crippen LogP) is 0.802. The van der Waals surface area contributed by atoms with Crippen molar-refractivity contribution in [3.8, 4) is 0 Å². The number of hydrogen-bond donors (Lipinski definition) is 1. The molecule has 3 rings (SSSR count). The highest BCUT2D eigenvalue weighted by atomic mass is 35.5. The van der Waals surface area contributed by atoms with Crippen molar-refractivity contribution in [1.29, 1.82) is 0 Å². The van der Waals surface area contributed by atoms with Crippen LogP contribution in [-0.4, -0.2) is 43.9 Å². The molecule has 1 saturated heterocycles. The molecule has 2 aromatic heterocycles. The molecule has 6 nitrogen and oxygen atoms in total. The van der Waals surface area contributed by atoms with Crippen molar-refractivity contribution in [3.05, 3.63) is 17.8 Å². The predicted molar refractivity (Wildman–Crippen MR) is 60.8 cm³/mol. The molecule has 0 aromatic carbocycles. The molecule has 0 radical (unpaired) electrons. The first-order valence-corrected chi connectivity index (χ1v) is 5.73. The average molecular weight is 255 g/mol. The molecule has 0 aliphatic carbocycles. The second kappa shape index (κ2) is 4.21. The highest BCUT2D eigenvalue weighted by Gasteiger charge is 2.27. The van der Waals surface area contributed by atoms with Gasteiger partial charge in [-0.3, -0.25) is 0 Å². The van der Waals surface area contributed by atoms with Crippen molar-refractivity contribution in [2.45, 2.75) is 18.6 Å². The number of halogens is 1. The Bertz CT molecular complexity index is 544. The normalized spacial score (nSPS) is 24.6. The summed E-state index contributed by atoms with van der Waals surface area (Å²) < 4.78 is 7.37. The van der Waals surface area contributed by atoms with Crippen molar-refractivity contribution in [2.75, 3.05) is 13.2 Å². The van der Waals surface area contributed by atoms with Crippen molar-refractivity contribution in [1.82, 2.24) is 19.5 Å². The molecule has 0 saturated carbocycles. The molecule has 0 amide bonds. The van der Waals surface area contributed by atoms with E-state index >= 15 is 0 Å². The van der Waals surface area contributed by atoms with Gasteiger partial charge < -0.3 is 14.4 Å². The fourth-order valence-corrected chi connectivity index (χ4v) is 2.28. The summed E-state index contributed by atoms with van der Waals surface area (Å²) in [5.41, 5.74) is 1.30. The van der Waals surface area contributed by atoms with Crippen LogP contribution in [0.3, 0.4) is 0 Å². The molecule has 1 fully saturated rings. The maximum Gasteiger partial charge on any atom is 0.165 e. The Morgan fingerprint density at radius 3 is 3.12 bits per heavy atom. The van der Waals surface area contributed by atoms with Gasteiger partial charge in [-0.25, -0.2) is 15.0 Å². The van der Waals surface area contributed by atoms with Crippen LogP contribution in [0.25, 0.3) is 11.2 Å². The van der Waals surface area contributed by atoms with Gasteiger partial charge in [-0.2, -0.15) is 0 Å². The number of aromatic nitrogens is 4. The zero-order chi connectivity index (χ0) is 11.8. The summed E-state index contributed by atoms with van der Waals surface area (Å²) in [5.74, 6) is 0. The van der Waals surface area contributed by atoms with Crippen molar-refractivity contribution in [3.63, 3.8) is 0 Å². The lowest BCUT2D eigenvalue weighted by atomic mass is 10.2. The third kappa shape index (κ3) is 1.78. The standard InChI is InChI=1S/C10H11ClN4O2/c11-9-8-10(13-4-12-9)15(5-14-8)6-1-7(2-16)17-3-6/h4-7,16H,1-3H2/t6-,7-/m1/s1. The van der Waals surface area contributed by atoms with Gasteiger partial charge in [0.25, 0.3) is 0 Å². The molecule has 90 valence electrons. The number of ether oxygens (including phenoxy) is 1. The lowest BCUT2D eigenvalue weighted by molar-refractivity contribution is 0.0576. The third-order valence-corrected chi connectivity index (χ3v) is 3.25. The number of imidazole rings is 1. The average Bonchev–Trinajstić information content (AvgIpc) is 2.94. The van der Waals surface area contributed by atoms with E-state index in [4.69, 9.17) is 21.4 Å². The quantitative estimate of drug-likeness (QED) is 0.803. The Balaban J connectivity index is 1.99. The Morgan fingerprint density at radius 2 is 2.35 bits per heavy atom. The highest BCUT2D eigenvalue weighted by Crippen LogP contribution is 2.28. The van der Waals surface area contributed by atoms with Gasteiger partial charge in [0.2, 0.25) is 0 Å². The van der Waals surface area contributed by atoms with Gasteiger partial charge in [0.1, 0.15) is 11.8 Å². The van der Waals surface area contributed by atoms with E-state index in [0.29, 0.717) is 22.9 Å². The zero-order valence-corrected chi connectivity index (χ0v) is 9.71. The number of aliphatic hydroxyl groups excluding tert-OH is 1. The first-order chi connectivity index (χ1) is 8.29. The molecule has 0 spiro atoms. The minimum Gasteiger partial charge on any atom is -0.394 e. The molecule has 2 aromatic rings. The van der Waals surface area contributed by atoms with Gasteiger partial charge in [-0.1, -0.05) is 11.6 Å². The Hall–Kier alpha value is -1.24. The molecule has 7 heteroatoms. The Morgan fingerprint density at radius 1 is 1.47 bits per heavy atom. The van der Waals surface area contributed by atoms with Crippen LogP contribution >= 0.6 is 11.6 Å². The van der Waals surface area contributed by atoms with Crippen LogP contribution in [0.2, 0.25) is 5.15 Å². The first-order valence-electron chi connectivity index (χ1n) is 5.35. The molecule has 3 heterocycles. The van der Waals surface area contributed by atoms with Crippen molar-refractivity contribution < 1.29 is 9.84 Å². The maximum absolute atomic E-state index is 9.04. The topological polar surface area (TPSA) is 73.1 Å². The molecule has 1 N–H and O–H groups in total. The fourth-order valence-electron chi connectivity index (χ4n) is 2.10. The van der Waals surface area contributed by atoms with Gasteiger partial charge in [0, 0.05) is 0 Å². The second-order valence-corrected chi connectivity index (χ2v) is 4.37. The molecule has 2 atom stereocenters. The van der Waals surface area contributed by atoms with Crippen LogP contribution < -0.4 is 0 Å². The van der Waals surface area contributed by atoms with Gasteiger partial charge >= 0.3 is 0 Å². The first kappa shape index (κ1) is 10.9. The van der Waals surface area contributed by atoms with E-state index in [-0.39, 0.29) is 18.8 Å². The fraction of sp³-hybridized carbons (Fsp3) is 0.500. The van der Waals surface area contributed by atoms with Crippen LogP contribution in [0.5, 0.6) is 0 Å². The monoisotopic (exact) mass is 254 g/mol. The van der Waals surface area contributed by atoms with Gasteiger partial charge in [0.05, 0.1) is 31.7 Å². The number of fused-ring (bicyclic) bond motifs is 1. The number of aliphatic hydroxyl groups is 1. The van der Waals surface area contributed by atoms with E-state index < -0.39 is 0 Å². The molecule has 17 heavy (non-hydrogen) atoms. The van der Waals surface area contributed by atoms with Crippen molar-refractivity contribution >= 4 is 22.8 Å². The minimum absolute atomic E-state index is 0.0405. The lowest BCUT2D eigenvalue weighted by Gasteiger charge is -2.09. The number of rotatable bonds is 2.